The molecule has 0 spiro atoms. The van der Waals surface area contributed by atoms with Crippen LogP contribution >= 0.6 is 0 Å². The van der Waals surface area contributed by atoms with Gasteiger partial charge in [0.25, 0.3) is 0 Å². The SMILES string of the molecule is CC(C)CC(NC(=O)C(N)CO)C(=O)NC(CCCN=C(N)N)C(=O)NC(CO)C(=O)O. The molecule has 0 fully saturated rings. The Bertz CT molecular complexity index is 668. The van der Waals surface area contributed by atoms with E-state index in [0.29, 0.717) is 0 Å². The number of hydrogen-bond acceptors (Lipinski definition) is 8. The zero-order valence-corrected chi connectivity index (χ0v) is 18.3. The van der Waals surface area contributed by atoms with Crippen molar-refractivity contribution in [2.24, 2.45) is 28.1 Å². The number of amides is 3. The first kappa shape index (κ1) is 29.0. The highest BCUT2D eigenvalue weighted by atomic mass is 16.4. The summed E-state index contributed by atoms with van der Waals surface area (Å²) in [5.41, 5.74) is 16.0. The second kappa shape index (κ2) is 14.9. The molecule has 14 nitrogen and oxygen atoms in total. The minimum absolute atomic E-state index is 0.0173. The van der Waals surface area contributed by atoms with E-state index in [2.05, 4.69) is 20.9 Å². The van der Waals surface area contributed by atoms with Gasteiger partial charge in [-0.2, -0.15) is 0 Å². The predicted molar refractivity (Wildman–Crippen MR) is 115 cm³/mol. The molecule has 0 heterocycles. The Kier molecular flexibility index (Phi) is 13.5. The molecule has 0 aromatic heterocycles. The number of carboxylic acids is 1. The number of carbonyl (C=O) groups is 4. The third-order valence-electron chi connectivity index (χ3n) is 4.25. The standard InChI is InChI=1S/C18H35N7O7/c1-9(2)6-12(24-14(28)10(19)7-26)16(30)23-11(4-3-5-22-18(20)21)15(29)25-13(8-27)17(31)32/h9-13,26-27H,3-8,19H2,1-2H3,(H,23,30)(H,24,28)(H,25,29)(H,31,32)(H4,20,21,22). The molecule has 0 aromatic carbocycles. The van der Waals surface area contributed by atoms with Gasteiger partial charge in [-0.1, -0.05) is 13.8 Å². The molecule has 0 saturated carbocycles. The molecule has 0 radical (unpaired) electrons. The summed E-state index contributed by atoms with van der Waals surface area (Å²) in [6.07, 6.45) is 0.529. The lowest BCUT2D eigenvalue weighted by molar-refractivity contribution is -0.143. The Morgan fingerprint density at radius 2 is 1.41 bits per heavy atom. The average molecular weight is 462 g/mol. The fraction of sp³-hybridized carbons (Fsp3) is 0.722. The first-order chi connectivity index (χ1) is 14.9. The summed E-state index contributed by atoms with van der Waals surface area (Å²) in [4.78, 5) is 52.3. The first-order valence-electron chi connectivity index (χ1n) is 10.1. The van der Waals surface area contributed by atoms with E-state index in [1.807, 2.05) is 13.8 Å². The number of nitrogens with two attached hydrogens (primary N) is 3. The van der Waals surface area contributed by atoms with Crippen LogP contribution in [0.15, 0.2) is 4.99 Å². The summed E-state index contributed by atoms with van der Waals surface area (Å²) < 4.78 is 0. The molecule has 0 aliphatic carbocycles. The number of nitrogens with one attached hydrogen (secondary N) is 3. The van der Waals surface area contributed by atoms with Gasteiger partial charge in [-0.05, 0) is 25.2 Å². The molecule has 0 aromatic rings. The van der Waals surface area contributed by atoms with Crippen molar-refractivity contribution >= 4 is 29.7 Å². The summed E-state index contributed by atoms with van der Waals surface area (Å²) in [7, 11) is 0. The summed E-state index contributed by atoms with van der Waals surface area (Å²) in [5.74, 6) is -3.90. The van der Waals surface area contributed by atoms with Gasteiger partial charge >= 0.3 is 5.97 Å². The lowest BCUT2D eigenvalue weighted by Gasteiger charge is -2.25. The highest BCUT2D eigenvalue weighted by molar-refractivity contribution is 5.94. The van der Waals surface area contributed by atoms with Gasteiger partial charge in [-0.25, -0.2) is 4.79 Å². The van der Waals surface area contributed by atoms with E-state index < -0.39 is 61.1 Å². The summed E-state index contributed by atoms with van der Waals surface area (Å²) in [5, 5.41) is 34.3. The highest BCUT2D eigenvalue weighted by Crippen LogP contribution is 2.07. The second-order valence-electron chi connectivity index (χ2n) is 7.57. The van der Waals surface area contributed by atoms with Crippen LogP contribution in [-0.4, -0.2) is 88.9 Å². The smallest absolute Gasteiger partial charge is 0.328 e. The van der Waals surface area contributed by atoms with Gasteiger partial charge in [0.05, 0.1) is 13.2 Å². The van der Waals surface area contributed by atoms with Gasteiger partial charge in [0.1, 0.15) is 24.2 Å². The highest BCUT2D eigenvalue weighted by Gasteiger charge is 2.30. The minimum Gasteiger partial charge on any atom is -0.480 e. The minimum atomic E-state index is -1.56. The molecule has 4 atom stereocenters. The normalized spacial score (nSPS) is 14.6. The van der Waals surface area contributed by atoms with E-state index in [1.54, 1.807) is 0 Å². The lowest BCUT2D eigenvalue weighted by atomic mass is 10.0. The summed E-state index contributed by atoms with van der Waals surface area (Å²) in [6.45, 7) is 2.32. The molecule has 0 aliphatic rings. The molecular weight excluding hydrogens is 426 g/mol. The largest absolute Gasteiger partial charge is 0.480 e. The number of rotatable bonds is 15. The molecule has 0 bridgehead atoms. The predicted octanol–water partition coefficient (Wildman–Crippen LogP) is -4.06. The van der Waals surface area contributed by atoms with Crippen molar-refractivity contribution in [2.45, 2.75) is 57.3 Å². The molecular formula is C18H35N7O7. The van der Waals surface area contributed by atoms with Crippen LogP contribution in [0.5, 0.6) is 0 Å². The van der Waals surface area contributed by atoms with Crippen LogP contribution in [0.4, 0.5) is 0 Å². The molecule has 184 valence electrons. The quantitative estimate of drug-likeness (QED) is 0.0647. The number of aliphatic hydroxyl groups is 2. The average Bonchev–Trinajstić information content (AvgIpc) is 2.71. The third kappa shape index (κ3) is 11.4. The van der Waals surface area contributed by atoms with Gasteiger partial charge < -0.3 is 48.5 Å². The van der Waals surface area contributed by atoms with Crippen molar-refractivity contribution < 1.29 is 34.5 Å². The van der Waals surface area contributed by atoms with Crippen molar-refractivity contribution in [3.8, 4) is 0 Å². The number of guanidine groups is 1. The Morgan fingerprint density at radius 3 is 1.88 bits per heavy atom. The van der Waals surface area contributed by atoms with Crippen molar-refractivity contribution in [2.75, 3.05) is 19.8 Å². The van der Waals surface area contributed by atoms with E-state index in [1.165, 1.54) is 0 Å². The monoisotopic (exact) mass is 461 g/mol. The topological polar surface area (TPSA) is 255 Å². The number of nitrogens with zero attached hydrogens (tertiary/aromatic N) is 1. The van der Waals surface area contributed by atoms with E-state index in [0.717, 1.165) is 0 Å². The number of aliphatic carboxylic acids is 1. The van der Waals surface area contributed by atoms with Crippen LogP contribution in [-0.2, 0) is 19.2 Å². The van der Waals surface area contributed by atoms with Gasteiger partial charge in [0.15, 0.2) is 5.96 Å². The second-order valence-corrected chi connectivity index (χ2v) is 7.57. The van der Waals surface area contributed by atoms with E-state index >= 15 is 0 Å². The number of aliphatic imine (C=N–C) groups is 1. The van der Waals surface area contributed by atoms with E-state index in [-0.39, 0.29) is 37.7 Å². The van der Waals surface area contributed by atoms with Crippen LogP contribution in [0.1, 0.15) is 33.1 Å². The van der Waals surface area contributed by atoms with Crippen molar-refractivity contribution in [3.63, 3.8) is 0 Å². The third-order valence-corrected chi connectivity index (χ3v) is 4.25. The van der Waals surface area contributed by atoms with E-state index in [9.17, 15) is 19.2 Å². The molecule has 0 aliphatic heterocycles. The van der Waals surface area contributed by atoms with Crippen molar-refractivity contribution in [1.29, 1.82) is 0 Å². The molecule has 32 heavy (non-hydrogen) atoms. The van der Waals surface area contributed by atoms with Crippen molar-refractivity contribution in [3.05, 3.63) is 0 Å². The zero-order valence-electron chi connectivity index (χ0n) is 18.3. The summed E-state index contributed by atoms with van der Waals surface area (Å²) in [6, 6.07) is -5.03. The van der Waals surface area contributed by atoms with Crippen LogP contribution in [0, 0.1) is 5.92 Å². The van der Waals surface area contributed by atoms with Crippen LogP contribution in [0.3, 0.4) is 0 Å². The number of carboxylic acid groups (broad SMARTS) is 1. The van der Waals surface area contributed by atoms with Crippen molar-refractivity contribution in [1.82, 2.24) is 16.0 Å². The molecule has 0 rings (SSSR count). The first-order valence-corrected chi connectivity index (χ1v) is 10.1. The molecule has 12 N–H and O–H groups in total. The Morgan fingerprint density at radius 1 is 0.875 bits per heavy atom. The Balaban J connectivity index is 5.47. The Hall–Kier alpha value is -2.97. The van der Waals surface area contributed by atoms with Gasteiger partial charge in [-0.15, -0.1) is 0 Å². The van der Waals surface area contributed by atoms with Crippen LogP contribution in [0.2, 0.25) is 0 Å². The van der Waals surface area contributed by atoms with Crippen LogP contribution < -0.4 is 33.2 Å². The maximum absolute atomic E-state index is 12.8. The Labute approximate surface area is 186 Å². The number of aliphatic hydroxyl groups excluding tert-OH is 2. The number of carbonyl (C=O) groups excluding carboxylic acids is 3. The van der Waals surface area contributed by atoms with Crippen LogP contribution in [0.25, 0.3) is 0 Å². The van der Waals surface area contributed by atoms with Gasteiger partial charge in [-0.3, -0.25) is 19.4 Å². The fourth-order valence-electron chi connectivity index (χ4n) is 2.57. The fourth-order valence-corrected chi connectivity index (χ4v) is 2.57. The lowest BCUT2D eigenvalue weighted by Crippen LogP contribution is -2.58. The molecule has 0 saturated heterocycles. The molecule has 14 heteroatoms. The van der Waals surface area contributed by atoms with Gasteiger partial charge in [0.2, 0.25) is 17.7 Å². The molecule has 4 unspecified atom stereocenters. The summed E-state index contributed by atoms with van der Waals surface area (Å²) >= 11 is 0. The maximum atomic E-state index is 12.8. The number of hydrogen-bond donors (Lipinski definition) is 9. The van der Waals surface area contributed by atoms with Gasteiger partial charge in [0, 0.05) is 6.54 Å². The molecule has 3 amide bonds. The zero-order chi connectivity index (χ0) is 24.8. The maximum Gasteiger partial charge on any atom is 0.328 e. The van der Waals surface area contributed by atoms with E-state index in [4.69, 9.17) is 32.5 Å².